The van der Waals surface area contributed by atoms with Crippen molar-refractivity contribution < 1.29 is 38.6 Å². The number of carbonyl (C=O) groups excluding carboxylic acids is 5. The van der Waals surface area contributed by atoms with Crippen LogP contribution in [0.15, 0.2) is 118 Å². The summed E-state index contributed by atoms with van der Waals surface area (Å²) in [6, 6.07) is 20.8. The number of carbonyl (C=O) groups is 5. The summed E-state index contributed by atoms with van der Waals surface area (Å²) in [7, 11) is 0. The van der Waals surface area contributed by atoms with Gasteiger partial charge in [0.2, 0.25) is 18.0 Å². The van der Waals surface area contributed by atoms with Gasteiger partial charge in [-0.2, -0.15) is 0 Å². The molecule has 2 aliphatic heterocycles. The number of rotatable bonds is 10. The fourth-order valence-electron chi connectivity index (χ4n) is 7.98. The minimum atomic E-state index is -1.33. The number of aliphatic hydroxyl groups is 1. The molecule has 3 aromatic carbocycles. The van der Waals surface area contributed by atoms with Crippen LogP contribution in [0, 0.1) is 6.92 Å². The molecular formula is C46H46N4O8. The summed E-state index contributed by atoms with van der Waals surface area (Å²) < 4.78 is 10.9. The van der Waals surface area contributed by atoms with Gasteiger partial charge in [-0.25, -0.2) is 4.99 Å². The summed E-state index contributed by atoms with van der Waals surface area (Å²) in [6.45, 7) is 9.51. The molecule has 12 heteroatoms. The molecule has 298 valence electrons. The highest BCUT2D eigenvalue weighted by molar-refractivity contribution is 6.42. The molecule has 2 fully saturated rings. The second-order valence-corrected chi connectivity index (χ2v) is 14.9. The van der Waals surface area contributed by atoms with Crippen LogP contribution in [-0.2, 0) is 33.4 Å². The van der Waals surface area contributed by atoms with Crippen LogP contribution in [0.4, 0.5) is 11.4 Å². The number of ketones is 1. The zero-order valence-electron chi connectivity index (χ0n) is 33.0. The van der Waals surface area contributed by atoms with Crippen LogP contribution in [0.25, 0.3) is 5.57 Å². The zero-order valence-corrected chi connectivity index (χ0v) is 33.0. The quantitative estimate of drug-likeness (QED) is 0.159. The molecule has 3 aromatic rings. The minimum Gasteiger partial charge on any atom is -0.506 e. The molecule has 2 atom stereocenters. The van der Waals surface area contributed by atoms with Gasteiger partial charge in [0.25, 0.3) is 11.8 Å². The Bertz CT molecular complexity index is 2330. The number of likely N-dealkylation sites (tertiary alicyclic amines) is 1. The van der Waals surface area contributed by atoms with Crippen molar-refractivity contribution in [2.75, 3.05) is 36.4 Å². The molecule has 2 N–H and O–H groups in total. The number of amides is 2. The molecule has 2 aliphatic carbocycles. The van der Waals surface area contributed by atoms with Gasteiger partial charge in [-0.1, -0.05) is 60.7 Å². The summed E-state index contributed by atoms with van der Waals surface area (Å²) >= 11 is 0. The Morgan fingerprint density at radius 2 is 1.29 bits per heavy atom. The van der Waals surface area contributed by atoms with Gasteiger partial charge in [-0.15, -0.1) is 0 Å². The Hall–Kier alpha value is -6.56. The monoisotopic (exact) mass is 782 g/mol. The molecular weight excluding hydrogens is 737 g/mol. The SMILES string of the molecule is CC(=O)OC(C(=O)N=C1C=C(N2CCCC2)C(C)=CC1=C1C(=O)C(c2cc(C)c(N3CCCC3)cc2NC(=O)C(OC(C)=O)c2ccccc2)=C1O)c1ccccc1. The first-order valence-electron chi connectivity index (χ1n) is 19.6. The van der Waals surface area contributed by atoms with Crippen LogP contribution in [-0.4, -0.2) is 71.4 Å². The average molecular weight is 783 g/mol. The predicted octanol–water partition coefficient (Wildman–Crippen LogP) is 7.20. The van der Waals surface area contributed by atoms with Crippen molar-refractivity contribution in [1.82, 2.24) is 4.90 Å². The van der Waals surface area contributed by atoms with Crippen molar-refractivity contribution in [3.63, 3.8) is 0 Å². The first-order chi connectivity index (χ1) is 27.9. The fraction of sp³-hybridized carbons (Fsp3) is 0.304. The maximum absolute atomic E-state index is 14.5. The summed E-state index contributed by atoms with van der Waals surface area (Å²) in [6.07, 6.45) is 4.89. The third kappa shape index (κ3) is 8.13. The van der Waals surface area contributed by atoms with Crippen molar-refractivity contribution in [3.8, 4) is 0 Å². The third-order valence-corrected chi connectivity index (χ3v) is 10.7. The van der Waals surface area contributed by atoms with Gasteiger partial charge >= 0.3 is 11.9 Å². The van der Waals surface area contributed by atoms with E-state index in [9.17, 15) is 29.1 Å². The Kier molecular flexibility index (Phi) is 11.6. The lowest BCUT2D eigenvalue weighted by Gasteiger charge is -2.30. The van der Waals surface area contributed by atoms with Crippen molar-refractivity contribution in [2.24, 2.45) is 4.99 Å². The molecule has 2 unspecified atom stereocenters. The number of esters is 2. The van der Waals surface area contributed by atoms with Crippen LogP contribution < -0.4 is 10.2 Å². The number of ether oxygens (including phenoxy) is 2. The van der Waals surface area contributed by atoms with Gasteiger partial charge in [-0.3, -0.25) is 24.0 Å². The Morgan fingerprint density at radius 1 is 0.741 bits per heavy atom. The Balaban J connectivity index is 1.34. The molecule has 7 rings (SSSR count). The fourth-order valence-corrected chi connectivity index (χ4v) is 7.98. The van der Waals surface area contributed by atoms with Gasteiger partial charge in [0.15, 0.2) is 0 Å². The van der Waals surface area contributed by atoms with E-state index in [-0.39, 0.29) is 39.4 Å². The van der Waals surface area contributed by atoms with E-state index in [1.54, 1.807) is 84.9 Å². The molecule has 0 bridgehead atoms. The van der Waals surface area contributed by atoms with E-state index in [2.05, 4.69) is 20.1 Å². The van der Waals surface area contributed by atoms with Gasteiger partial charge in [-0.05, 0) is 75.0 Å². The second-order valence-electron chi connectivity index (χ2n) is 14.9. The molecule has 0 spiro atoms. The number of aliphatic hydroxyl groups excluding tert-OH is 1. The smallest absolute Gasteiger partial charge is 0.303 e. The Labute approximate surface area is 337 Å². The third-order valence-electron chi connectivity index (χ3n) is 10.7. The lowest BCUT2D eigenvalue weighted by Crippen LogP contribution is -2.30. The number of aliphatic imine (C=N–C) groups is 1. The second kappa shape index (κ2) is 16.9. The summed E-state index contributed by atoms with van der Waals surface area (Å²) in [5, 5.41) is 14.9. The lowest BCUT2D eigenvalue weighted by atomic mass is 9.77. The van der Waals surface area contributed by atoms with Crippen molar-refractivity contribution in [2.45, 2.75) is 65.6 Å². The topological polar surface area (TPSA) is 155 Å². The minimum absolute atomic E-state index is 0.0225. The normalized spacial score (nSPS) is 19.7. The van der Waals surface area contributed by atoms with E-state index in [0.29, 0.717) is 11.1 Å². The van der Waals surface area contributed by atoms with E-state index in [4.69, 9.17) is 9.47 Å². The maximum atomic E-state index is 14.5. The van der Waals surface area contributed by atoms with Crippen LogP contribution in [0.3, 0.4) is 0 Å². The number of benzene rings is 3. The summed E-state index contributed by atoms with van der Waals surface area (Å²) in [5.41, 5.74) is 5.11. The van der Waals surface area contributed by atoms with Crippen LogP contribution in [0.1, 0.15) is 80.9 Å². The van der Waals surface area contributed by atoms with Crippen LogP contribution in [0.5, 0.6) is 0 Å². The molecule has 2 saturated heterocycles. The van der Waals surface area contributed by atoms with Gasteiger partial charge in [0, 0.05) is 73.7 Å². The molecule has 0 radical (unpaired) electrons. The standard InChI is InChI=1S/C46H46N4O8/c1-27-23-33(35(25-37(27)49-19-11-12-20-49)47-45(55)43(57-29(3)51)31-15-7-5-8-16-31)39-41(53)40(42(39)54)34-24-28(2)38(50-21-13-14-22-50)26-36(34)48-46(56)44(58-30(4)52)32-17-9-6-10-18-32/h5-10,15-18,23-26,43-44,53H,11-14,19-22H2,1-4H3,(H,47,55). The molecule has 0 saturated carbocycles. The highest BCUT2D eigenvalue weighted by Crippen LogP contribution is 2.45. The number of allylic oxidation sites excluding steroid dienone is 6. The van der Waals surface area contributed by atoms with Gasteiger partial charge in [0.05, 0.1) is 22.5 Å². The molecule has 12 nitrogen and oxygen atoms in total. The maximum Gasteiger partial charge on any atom is 0.303 e. The number of Topliss-reactive ketones (excluding diaryl/α,β-unsaturated/α-hetero) is 1. The van der Waals surface area contributed by atoms with E-state index < -0.39 is 41.7 Å². The number of hydrogen-bond donors (Lipinski definition) is 2. The van der Waals surface area contributed by atoms with E-state index >= 15 is 0 Å². The highest BCUT2D eigenvalue weighted by atomic mass is 16.6. The van der Waals surface area contributed by atoms with Gasteiger partial charge < -0.3 is 29.7 Å². The number of aryl methyl sites for hydroxylation is 1. The number of nitrogens with zero attached hydrogens (tertiary/aromatic N) is 3. The van der Waals surface area contributed by atoms with Crippen molar-refractivity contribution in [1.29, 1.82) is 0 Å². The highest BCUT2D eigenvalue weighted by Gasteiger charge is 2.41. The average Bonchev–Trinajstić information content (AvgIpc) is 3.95. The predicted molar refractivity (Wildman–Crippen MR) is 220 cm³/mol. The molecule has 2 heterocycles. The molecule has 58 heavy (non-hydrogen) atoms. The van der Waals surface area contributed by atoms with E-state index in [0.717, 1.165) is 74.4 Å². The molecule has 0 aromatic heterocycles. The number of nitrogens with one attached hydrogen (secondary N) is 1. The van der Waals surface area contributed by atoms with E-state index in [1.807, 2.05) is 13.8 Å². The number of hydrogen-bond acceptors (Lipinski definition) is 10. The van der Waals surface area contributed by atoms with Crippen LogP contribution >= 0.6 is 0 Å². The van der Waals surface area contributed by atoms with Gasteiger partial charge in [0.1, 0.15) is 5.76 Å². The summed E-state index contributed by atoms with van der Waals surface area (Å²) in [5.74, 6) is -3.54. The summed E-state index contributed by atoms with van der Waals surface area (Å²) in [4.78, 5) is 75.6. The zero-order chi connectivity index (χ0) is 41.1. The lowest BCUT2D eigenvalue weighted by molar-refractivity contribution is -0.153. The first kappa shape index (κ1) is 39.7. The van der Waals surface area contributed by atoms with Crippen molar-refractivity contribution >= 4 is 52.2 Å². The molecule has 2 amide bonds. The molecule has 4 aliphatic rings. The number of anilines is 2. The largest absolute Gasteiger partial charge is 0.506 e. The van der Waals surface area contributed by atoms with Crippen LogP contribution in [0.2, 0.25) is 0 Å². The van der Waals surface area contributed by atoms with Crippen molar-refractivity contribution in [3.05, 3.63) is 135 Å². The first-order valence-corrected chi connectivity index (χ1v) is 19.6. The Morgan fingerprint density at radius 3 is 1.86 bits per heavy atom. The van der Waals surface area contributed by atoms with E-state index in [1.165, 1.54) is 13.8 Å².